The number of carbonyl (C=O) groups excluding carboxylic acids is 1. The van der Waals surface area contributed by atoms with Crippen LogP contribution in [0.15, 0.2) is 12.1 Å². The fourth-order valence-electron chi connectivity index (χ4n) is 2.32. The van der Waals surface area contributed by atoms with Gasteiger partial charge in [0, 0.05) is 12.1 Å². The molecule has 0 amide bonds. The summed E-state index contributed by atoms with van der Waals surface area (Å²) in [5.74, 6) is -1.77. The molecule has 1 heterocycles. The zero-order valence-corrected chi connectivity index (χ0v) is 12.2. The van der Waals surface area contributed by atoms with Crippen LogP contribution in [0.25, 0.3) is 0 Å². The minimum absolute atomic E-state index is 0.250. The predicted molar refractivity (Wildman–Crippen MR) is 74.2 cm³/mol. The van der Waals surface area contributed by atoms with Gasteiger partial charge >= 0.3 is 0 Å². The zero-order chi connectivity index (χ0) is 17.3. The van der Waals surface area contributed by atoms with Gasteiger partial charge < -0.3 is 40.1 Å². The minimum atomic E-state index is -1.68. The third kappa shape index (κ3) is 3.38. The van der Waals surface area contributed by atoms with E-state index >= 15 is 0 Å². The lowest BCUT2D eigenvalue weighted by atomic mass is 9.99. The van der Waals surface area contributed by atoms with E-state index < -0.39 is 54.6 Å². The second-order valence-electron chi connectivity index (χ2n) is 5.21. The molecule has 0 radical (unpaired) electrons. The highest BCUT2D eigenvalue weighted by molar-refractivity contribution is 5.99. The van der Waals surface area contributed by atoms with Crippen LogP contribution in [-0.4, -0.2) is 73.7 Å². The summed E-state index contributed by atoms with van der Waals surface area (Å²) in [5.41, 5.74) is -0.250. The van der Waals surface area contributed by atoms with E-state index in [0.29, 0.717) is 0 Å². The van der Waals surface area contributed by atoms with Crippen LogP contribution in [0.5, 0.6) is 17.2 Å². The molecule has 1 aliphatic heterocycles. The molecule has 0 aromatic heterocycles. The maximum atomic E-state index is 11.6. The highest BCUT2D eigenvalue weighted by Crippen LogP contribution is 2.35. The number of phenolic OH excluding ortho intramolecular Hbond substituents is 2. The van der Waals surface area contributed by atoms with E-state index in [1.807, 2.05) is 0 Å². The number of rotatable bonds is 4. The zero-order valence-electron chi connectivity index (χ0n) is 12.2. The SMILES string of the molecule is CC(=O)c1c(O)cc(O)cc1O[C@H]1OC(CO)C(O)[C@@H](O)[C@H]1O. The van der Waals surface area contributed by atoms with Gasteiger partial charge in [0.15, 0.2) is 5.78 Å². The second kappa shape index (κ2) is 6.69. The Balaban J connectivity index is 2.33. The van der Waals surface area contributed by atoms with Crippen LogP contribution in [0.1, 0.15) is 17.3 Å². The number of phenols is 2. The first kappa shape index (κ1) is 17.4. The number of benzene rings is 1. The third-order valence-corrected chi connectivity index (χ3v) is 3.51. The molecule has 1 aromatic carbocycles. The number of aliphatic hydroxyl groups is 4. The van der Waals surface area contributed by atoms with Gasteiger partial charge in [-0.25, -0.2) is 0 Å². The Bertz CT molecular complexity index is 586. The number of hydrogen-bond acceptors (Lipinski definition) is 9. The van der Waals surface area contributed by atoms with Crippen LogP contribution in [0.4, 0.5) is 0 Å². The van der Waals surface area contributed by atoms with E-state index in [0.717, 1.165) is 19.1 Å². The second-order valence-corrected chi connectivity index (χ2v) is 5.21. The molecular formula is C14H18O9. The topological polar surface area (TPSA) is 157 Å². The Hall–Kier alpha value is -1.91. The maximum absolute atomic E-state index is 11.6. The van der Waals surface area contributed by atoms with Gasteiger partial charge in [0.2, 0.25) is 6.29 Å². The van der Waals surface area contributed by atoms with Gasteiger partial charge in [-0.15, -0.1) is 0 Å². The van der Waals surface area contributed by atoms with Gasteiger partial charge in [-0.1, -0.05) is 0 Å². The number of Topliss-reactive ketones (excluding diaryl/α,β-unsaturated/α-hetero) is 1. The van der Waals surface area contributed by atoms with Crippen molar-refractivity contribution in [3.63, 3.8) is 0 Å². The van der Waals surface area contributed by atoms with E-state index in [4.69, 9.17) is 14.6 Å². The highest BCUT2D eigenvalue weighted by Gasteiger charge is 2.45. The van der Waals surface area contributed by atoms with E-state index in [2.05, 4.69) is 0 Å². The summed E-state index contributed by atoms with van der Waals surface area (Å²) in [6.45, 7) is 0.516. The minimum Gasteiger partial charge on any atom is -0.508 e. The van der Waals surface area contributed by atoms with Crippen molar-refractivity contribution >= 4 is 5.78 Å². The molecule has 2 unspecified atom stereocenters. The molecule has 6 N–H and O–H groups in total. The molecule has 23 heavy (non-hydrogen) atoms. The normalized spacial score (nSPS) is 30.9. The summed E-state index contributed by atoms with van der Waals surface area (Å²) < 4.78 is 10.4. The first-order valence-electron chi connectivity index (χ1n) is 6.80. The molecule has 1 aliphatic rings. The number of aromatic hydroxyl groups is 2. The van der Waals surface area contributed by atoms with Crippen LogP contribution in [-0.2, 0) is 4.74 Å². The molecule has 0 aliphatic carbocycles. The van der Waals surface area contributed by atoms with Gasteiger partial charge in [-0.2, -0.15) is 0 Å². The standard InChI is InChI=1S/C14H18O9/c1-5(16)10-7(18)2-6(17)3-8(10)22-14-13(21)12(20)11(19)9(4-15)23-14/h2-3,9,11-15,17-21H,4H2,1H3/t9?,11?,12-,13-,14+/m1/s1. The van der Waals surface area contributed by atoms with Gasteiger partial charge in [0.05, 0.1) is 6.61 Å². The first-order valence-corrected chi connectivity index (χ1v) is 6.80. The van der Waals surface area contributed by atoms with E-state index in [1.54, 1.807) is 0 Å². The van der Waals surface area contributed by atoms with Crippen molar-refractivity contribution in [2.75, 3.05) is 6.61 Å². The molecule has 0 spiro atoms. The lowest BCUT2D eigenvalue weighted by molar-refractivity contribution is -0.277. The molecule has 1 aromatic rings. The van der Waals surface area contributed by atoms with Crippen molar-refractivity contribution < 1.29 is 44.9 Å². The van der Waals surface area contributed by atoms with Gasteiger partial charge in [-0.3, -0.25) is 4.79 Å². The van der Waals surface area contributed by atoms with Gasteiger partial charge in [0.25, 0.3) is 0 Å². The third-order valence-electron chi connectivity index (χ3n) is 3.51. The summed E-state index contributed by atoms with van der Waals surface area (Å²) >= 11 is 0. The van der Waals surface area contributed by atoms with Crippen molar-refractivity contribution in [1.82, 2.24) is 0 Å². The number of ketones is 1. The summed E-state index contributed by atoms with van der Waals surface area (Å²) in [5, 5.41) is 57.6. The Morgan fingerprint density at radius 2 is 1.83 bits per heavy atom. The Morgan fingerprint density at radius 1 is 1.17 bits per heavy atom. The maximum Gasteiger partial charge on any atom is 0.229 e. The quantitative estimate of drug-likeness (QED) is 0.361. The van der Waals surface area contributed by atoms with Crippen LogP contribution < -0.4 is 4.74 Å². The van der Waals surface area contributed by atoms with Crippen LogP contribution >= 0.6 is 0 Å². The Morgan fingerprint density at radius 3 is 2.39 bits per heavy atom. The predicted octanol–water partition coefficient (Wildman–Crippen LogP) is -1.52. The van der Waals surface area contributed by atoms with Crippen molar-refractivity contribution in [1.29, 1.82) is 0 Å². The summed E-state index contributed by atoms with van der Waals surface area (Å²) in [7, 11) is 0. The largest absolute Gasteiger partial charge is 0.508 e. The smallest absolute Gasteiger partial charge is 0.229 e. The summed E-state index contributed by atoms with van der Waals surface area (Å²) in [6.07, 6.45) is -7.62. The molecule has 9 nitrogen and oxygen atoms in total. The van der Waals surface area contributed by atoms with Crippen LogP contribution in [0.3, 0.4) is 0 Å². The fourth-order valence-corrected chi connectivity index (χ4v) is 2.32. The average Bonchev–Trinajstić information content (AvgIpc) is 2.46. The number of carbonyl (C=O) groups is 1. The highest BCUT2D eigenvalue weighted by atomic mass is 16.7. The van der Waals surface area contributed by atoms with Gasteiger partial charge in [0.1, 0.15) is 47.2 Å². The molecule has 1 saturated heterocycles. The first-order chi connectivity index (χ1) is 10.8. The molecule has 5 atom stereocenters. The fraction of sp³-hybridized carbons (Fsp3) is 0.500. The van der Waals surface area contributed by atoms with Gasteiger partial charge in [-0.05, 0) is 6.92 Å². The molecule has 9 heteroatoms. The molecule has 1 fully saturated rings. The van der Waals surface area contributed by atoms with Crippen molar-refractivity contribution in [3.8, 4) is 17.2 Å². The number of hydrogen-bond donors (Lipinski definition) is 6. The molecule has 128 valence electrons. The van der Waals surface area contributed by atoms with Crippen molar-refractivity contribution in [3.05, 3.63) is 17.7 Å². The lowest BCUT2D eigenvalue weighted by Crippen LogP contribution is -2.60. The number of ether oxygens (including phenoxy) is 2. The molecular weight excluding hydrogens is 312 g/mol. The average molecular weight is 330 g/mol. The van der Waals surface area contributed by atoms with Crippen LogP contribution in [0, 0.1) is 0 Å². The van der Waals surface area contributed by atoms with E-state index in [1.165, 1.54) is 0 Å². The monoisotopic (exact) mass is 330 g/mol. The summed E-state index contributed by atoms with van der Waals surface area (Å²) in [4.78, 5) is 11.6. The van der Waals surface area contributed by atoms with Crippen molar-refractivity contribution in [2.45, 2.75) is 37.6 Å². The molecule has 0 bridgehead atoms. The number of aliphatic hydroxyl groups excluding tert-OH is 4. The molecule has 0 saturated carbocycles. The van der Waals surface area contributed by atoms with E-state index in [-0.39, 0.29) is 11.3 Å². The van der Waals surface area contributed by atoms with Crippen molar-refractivity contribution in [2.24, 2.45) is 0 Å². The lowest BCUT2D eigenvalue weighted by Gasteiger charge is -2.39. The molecule has 2 rings (SSSR count). The Kier molecular flexibility index (Phi) is 5.07. The summed E-state index contributed by atoms with van der Waals surface area (Å²) in [6, 6.07) is 1.97. The Labute approximate surface area is 130 Å². The van der Waals surface area contributed by atoms with E-state index in [9.17, 15) is 30.3 Å². The van der Waals surface area contributed by atoms with Crippen LogP contribution in [0.2, 0.25) is 0 Å².